The number of aliphatic hydroxyl groups excluding tert-OH is 1. The molecule has 1 aromatic carbocycles. The van der Waals surface area contributed by atoms with Gasteiger partial charge in [0.2, 0.25) is 0 Å². The van der Waals surface area contributed by atoms with E-state index in [4.69, 9.17) is 4.74 Å². The minimum absolute atomic E-state index is 0.183. The summed E-state index contributed by atoms with van der Waals surface area (Å²) in [7, 11) is 1.43. The van der Waals surface area contributed by atoms with E-state index < -0.39 is 0 Å². The maximum absolute atomic E-state index is 12.0. The predicted molar refractivity (Wildman–Crippen MR) is 112 cm³/mol. The van der Waals surface area contributed by atoms with Gasteiger partial charge in [-0.25, -0.2) is 4.79 Å². The third kappa shape index (κ3) is 4.96. The Labute approximate surface area is 170 Å². The number of hydrogen-bond donors (Lipinski definition) is 1. The van der Waals surface area contributed by atoms with Crippen molar-refractivity contribution in [3.05, 3.63) is 35.4 Å². The van der Waals surface area contributed by atoms with Crippen LogP contribution in [-0.4, -0.2) is 42.3 Å². The fourth-order valence-corrected chi connectivity index (χ4v) is 5.20. The van der Waals surface area contributed by atoms with Crippen LogP contribution in [0.5, 0.6) is 0 Å². The van der Waals surface area contributed by atoms with Crippen molar-refractivity contribution in [3.8, 4) is 0 Å². The van der Waals surface area contributed by atoms with Gasteiger partial charge in [0.15, 0.2) is 0 Å². The SMILES string of the molecule is COC(=O)c1cccc(C2C(C)C(C)CCN2CCC(O)C2CCCCC2)c1. The zero-order chi connectivity index (χ0) is 20.1. The normalized spacial score (nSPS) is 28.1. The summed E-state index contributed by atoms with van der Waals surface area (Å²) >= 11 is 0. The number of benzene rings is 1. The quantitative estimate of drug-likeness (QED) is 0.711. The maximum Gasteiger partial charge on any atom is 0.337 e. The monoisotopic (exact) mass is 387 g/mol. The summed E-state index contributed by atoms with van der Waals surface area (Å²) in [5.41, 5.74) is 1.81. The Morgan fingerprint density at radius 2 is 1.96 bits per heavy atom. The minimum atomic E-state index is -0.280. The summed E-state index contributed by atoms with van der Waals surface area (Å²) in [6.07, 6.45) is 8.07. The lowest BCUT2D eigenvalue weighted by atomic mass is 9.78. The Bertz CT molecular complexity index is 640. The molecule has 0 amide bonds. The summed E-state index contributed by atoms with van der Waals surface area (Å²) in [5.74, 6) is 1.35. The highest BCUT2D eigenvalue weighted by Gasteiger charge is 2.35. The third-order valence-corrected chi connectivity index (χ3v) is 7.22. The number of carbonyl (C=O) groups is 1. The fraction of sp³-hybridized carbons (Fsp3) is 0.708. The zero-order valence-corrected chi connectivity index (χ0v) is 17.8. The molecular formula is C24H37NO3. The van der Waals surface area contributed by atoms with Gasteiger partial charge in [-0.2, -0.15) is 0 Å². The second kappa shape index (κ2) is 9.89. The van der Waals surface area contributed by atoms with Crippen LogP contribution < -0.4 is 0 Å². The molecule has 1 aromatic rings. The summed E-state index contributed by atoms with van der Waals surface area (Å²) < 4.78 is 4.91. The minimum Gasteiger partial charge on any atom is -0.465 e. The number of hydrogen-bond acceptors (Lipinski definition) is 4. The maximum atomic E-state index is 12.0. The number of piperidine rings is 1. The molecule has 0 radical (unpaired) electrons. The first kappa shape index (κ1) is 21.3. The molecule has 1 heterocycles. The number of methoxy groups -OCH3 is 1. The lowest BCUT2D eigenvalue weighted by molar-refractivity contribution is 0.0277. The van der Waals surface area contributed by atoms with Crippen LogP contribution in [0.1, 0.15) is 80.8 Å². The number of likely N-dealkylation sites (tertiary alicyclic amines) is 1. The van der Waals surface area contributed by atoms with Crippen molar-refractivity contribution in [2.24, 2.45) is 17.8 Å². The molecule has 4 heteroatoms. The van der Waals surface area contributed by atoms with E-state index in [-0.39, 0.29) is 18.1 Å². The van der Waals surface area contributed by atoms with Crippen LogP contribution in [0.15, 0.2) is 24.3 Å². The van der Waals surface area contributed by atoms with Crippen LogP contribution in [0, 0.1) is 17.8 Å². The highest BCUT2D eigenvalue weighted by atomic mass is 16.5. The molecule has 3 rings (SSSR count). The smallest absolute Gasteiger partial charge is 0.337 e. The van der Waals surface area contributed by atoms with Gasteiger partial charge in [-0.15, -0.1) is 0 Å². The van der Waals surface area contributed by atoms with Crippen LogP contribution in [0.2, 0.25) is 0 Å². The molecule has 1 aliphatic carbocycles. The van der Waals surface area contributed by atoms with E-state index in [1.807, 2.05) is 18.2 Å². The molecular weight excluding hydrogens is 350 g/mol. The third-order valence-electron chi connectivity index (χ3n) is 7.22. The fourth-order valence-electron chi connectivity index (χ4n) is 5.20. The lowest BCUT2D eigenvalue weighted by Gasteiger charge is -2.44. The Kier molecular flexibility index (Phi) is 7.53. The van der Waals surface area contributed by atoms with Crippen molar-refractivity contribution in [1.82, 2.24) is 4.90 Å². The molecule has 1 N–H and O–H groups in total. The molecule has 4 atom stereocenters. The number of aliphatic hydroxyl groups is 1. The topological polar surface area (TPSA) is 49.8 Å². The van der Waals surface area contributed by atoms with Crippen molar-refractivity contribution in [3.63, 3.8) is 0 Å². The summed E-state index contributed by atoms with van der Waals surface area (Å²) in [6.45, 7) is 6.62. The Morgan fingerprint density at radius 1 is 1.21 bits per heavy atom. The van der Waals surface area contributed by atoms with Gasteiger partial charge in [-0.05, 0) is 67.7 Å². The Balaban J connectivity index is 1.72. The molecule has 1 saturated heterocycles. The number of esters is 1. The van der Waals surface area contributed by atoms with Gasteiger partial charge >= 0.3 is 5.97 Å². The van der Waals surface area contributed by atoms with E-state index in [1.54, 1.807) is 0 Å². The van der Waals surface area contributed by atoms with Crippen molar-refractivity contribution < 1.29 is 14.6 Å². The van der Waals surface area contributed by atoms with Crippen molar-refractivity contribution in [2.75, 3.05) is 20.2 Å². The number of ether oxygens (including phenoxy) is 1. The average molecular weight is 388 g/mol. The van der Waals surface area contributed by atoms with Gasteiger partial charge in [0, 0.05) is 12.6 Å². The molecule has 1 aliphatic heterocycles. The van der Waals surface area contributed by atoms with E-state index in [0.717, 1.165) is 19.5 Å². The van der Waals surface area contributed by atoms with Crippen LogP contribution >= 0.6 is 0 Å². The van der Waals surface area contributed by atoms with E-state index in [0.29, 0.717) is 23.3 Å². The number of nitrogens with zero attached hydrogens (tertiary/aromatic N) is 1. The molecule has 156 valence electrons. The first-order valence-electron chi connectivity index (χ1n) is 11.1. The van der Waals surface area contributed by atoms with Gasteiger partial charge in [0.25, 0.3) is 0 Å². The second-order valence-electron chi connectivity index (χ2n) is 8.98. The van der Waals surface area contributed by atoms with Crippen molar-refractivity contribution >= 4 is 5.97 Å². The molecule has 4 unspecified atom stereocenters. The molecule has 2 aliphatic rings. The van der Waals surface area contributed by atoms with Gasteiger partial charge < -0.3 is 9.84 Å². The van der Waals surface area contributed by atoms with E-state index >= 15 is 0 Å². The average Bonchev–Trinajstić information content (AvgIpc) is 2.74. The van der Waals surface area contributed by atoms with Crippen LogP contribution in [0.4, 0.5) is 0 Å². The summed E-state index contributed by atoms with van der Waals surface area (Å²) in [4.78, 5) is 14.5. The lowest BCUT2D eigenvalue weighted by Crippen LogP contribution is -2.43. The molecule has 1 saturated carbocycles. The molecule has 4 nitrogen and oxygen atoms in total. The van der Waals surface area contributed by atoms with Gasteiger partial charge in [0.1, 0.15) is 0 Å². The Hall–Kier alpha value is -1.39. The zero-order valence-electron chi connectivity index (χ0n) is 17.8. The molecule has 0 spiro atoms. The number of carbonyl (C=O) groups excluding carboxylic acids is 1. The first-order valence-corrected chi connectivity index (χ1v) is 11.1. The molecule has 0 aromatic heterocycles. The predicted octanol–water partition coefficient (Wildman–Crippen LogP) is 4.82. The molecule has 28 heavy (non-hydrogen) atoms. The largest absolute Gasteiger partial charge is 0.465 e. The van der Waals surface area contributed by atoms with Crippen molar-refractivity contribution in [2.45, 2.75) is 70.9 Å². The molecule has 0 bridgehead atoms. The van der Waals surface area contributed by atoms with Crippen molar-refractivity contribution in [1.29, 1.82) is 0 Å². The Morgan fingerprint density at radius 3 is 2.68 bits per heavy atom. The highest BCUT2D eigenvalue weighted by molar-refractivity contribution is 5.89. The summed E-state index contributed by atoms with van der Waals surface area (Å²) in [6, 6.07) is 8.20. The standard InChI is InChI=1S/C24H37NO3/c1-17-12-14-25(15-13-22(26)19-8-5-4-6-9-19)23(18(17)2)20-10-7-11-21(16-20)24(27)28-3/h7,10-11,16-19,22-23,26H,4-6,8-9,12-15H2,1-3H3. The summed E-state index contributed by atoms with van der Waals surface area (Å²) in [5, 5.41) is 10.7. The van der Waals surface area contributed by atoms with Gasteiger partial charge in [0.05, 0.1) is 18.8 Å². The van der Waals surface area contributed by atoms with Crippen LogP contribution in [-0.2, 0) is 4.74 Å². The van der Waals surface area contributed by atoms with E-state index in [1.165, 1.54) is 51.2 Å². The first-order chi connectivity index (χ1) is 13.5. The van der Waals surface area contributed by atoms with E-state index in [9.17, 15) is 9.90 Å². The van der Waals surface area contributed by atoms with Crippen LogP contribution in [0.25, 0.3) is 0 Å². The van der Waals surface area contributed by atoms with Gasteiger partial charge in [-0.3, -0.25) is 4.90 Å². The number of rotatable bonds is 6. The highest BCUT2D eigenvalue weighted by Crippen LogP contribution is 2.40. The second-order valence-corrected chi connectivity index (χ2v) is 8.98. The van der Waals surface area contributed by atoms with E-state index in [2.05, 4.69) is 24.8 Å². The van der Waals surface area contributed by atoms with Crippen LogP contribution in [0.3, 0.4) is 0 Å². The van der Waals surface area contributed by atoms with Gasteiger partial charge in [-0.1, -0.05) is 45.2 Å². The molecule has 2 fully saturated rings.